The minimum absolute atomic E-state index is 0.157. The molecule has 2 aromatic carbocycles. The fourth-order valence-electron chi connectivity index (χ4n) is 2.85. The molecule has 1 fully saturated rings. The van der Waals surface area contributed by atoms with E-state index in [1.54, 1.807) is 39.5 Å². The molecule has 0 heterocycles. The maximum atomic E-state index is 12.7. The van der Waals surface area contributed by atoms with Gasteiger partial charge in [-0.3, -0.25) is 4.79 Å². The van der Waals surface area contributed by atoms with Crippen molar-refractivity contribution in [2.24, 2.45) is 0 Å². The van der Waals surface area contributed by atoms with E-state index in [1.165, 1.54) is 0 Å². The summed E-state index contributed by atoms with van der Waals surface area (Å²) in [6, 6.07) is 12.9. The number of rotatable bonds is 6. The molecule has 0 aliphatic heterocycles. The number of ether oxygens (including phenoxy) is 3. The first-order valence-corrected chi connectivity index (χ1v) is 7.81. The summed E-state index contributed by atoms with van der Waals surface area (Å²) in [5.41, 5.74) is 1.16. The van der Waals surface area contributed by atoms with E-state index >= 15 is 0 Å². The van der Waals surface area contributed by atoms with E-state index in [1.807, 2.05) is 24.3 Å². The largest absolute Gasteiger partial charge is 0.497 e. The number of carbonyl (C=O) groups excluding carboxylic acids is 1. The van der Waals surface area contributed by atoms with Gasteiger partial charge in [-0.2, -0.15) is 0 Å². The molecule has 0 aromatic heterocycles. The molecule has 0 spiro atoms. The van der Waals surface area contributed by atoms with Crippen molar-refractivity contribution in [1.82, 2.24) is 5.32 Å². The average Bonchev–Trinajstić information content (AvgIpc) is 3.41. The first-order chi connectivity index (χ1) is 11.6. The van der Waals surface area contributed by atoms with Crippen molar-refractivity contribution in [3.05, 3.63) is 53.6 Å². The van der Waals surface area contributed by atoms with E-state index < -0.39 is 0 Å². The summed E-state index contributed by atoms with van der Waals surface area (Å²) in [5.74, 6) is 1.80. The number of amides is 1. The van der Waals surface area contributed by atoms with Crippen LogP contribution in [-0.2, 0) is 5.54 Å². The number of hydrogen-bond donors (Lipinski definition) is 1. The Balaban J connectivity index is 1.87. The number of nitrogens with one attached hydrogen (secondary N) is 1. The summed E-state index contributed by atoms with van der Waals surface area (Å²) in [6.45, 7) is 0. The first kappa shape index (κ1) is 16.2. The molecular weight excluding hydrogens is 306 g/mol. The van der Waals surface area contributed by atoms with Crippen LogP contribution in [0.15, 0.2) is 42.5 Å². The number of hydrogen-bond acceptors (Lipinski definition) is 4. The monoisotopic (exact) mass is 327 g/mol. The van der Waals surface area contributed by atoms with Gasteiger partial charge in [-0.15, -0.1) is 0 Å². The van der Waals surface area contributed by atoms with Gasteiger partial charge in [0.05, 0.1) is 26.9 Å². The zero-order valence-corrected chi connectivity index (χ0v) is 14.1. The standard InChI is InChI=1S/C19H21NO4/c1-22-14-10-13(11-15(12-14)23-2)18(21)20-19(8-9-19)16-6-4-5-7-17(16)24-3/h4-7,10-12H,8-9H2,1-3H3,(H,20,21). The lowest BCUT2D eigenvalue weighted by Crippen LogP contribution is -2.35. The average molecular weight is 327 g/mol. The van der Waals surface area contributed by atoms with Crippen molar-refractivity contribution in [1.29, 1.82) is 0 Å². The molecule has 1 aliphatic rings. The molecule has 0 bridgehead atoms. The second-order valence-corrected chi connectivity index (χ2v) is 5.84. The molecule has 126 valence electrons. The summed E-state index contributed by atoms with van der Waals surface area (Å²) < 4.78 is 15.9. The Bertz CT molecular complexity index is 731. The van der Waals surface area contributed by atoms with Crippen LogP contribution in [0.2, 0.25) is 0 Å². The van der Waals surface area contributed by atoms with Crippen LogP contribution in [0.4, 0.5) is 0 Å². The lowest BCUT2D eigenvalue weighted by molar-refractivity contribution is 0.0929. The topological polar surface area (TPSA) is 56.8 Å². The minimum Gasteiger partial charge on any atom is -0.497 e. The lowest BCUT2D eigenvalue weighted by atomic mass is 10.0. The van der Waals surface area contributed by atoms with Crippen LogP contribution in [0, 0.1) is 0 Å². The molecule has 1 aliphatic carbocycles. The van der Waals surface area contributed by atoms with E-state index in [0.717, 1.165) is 24.2 Å². The van der Waals surface area contributed by atoms with Crippen LogP contribution in [-0.4, -0.2) is 27.2 Å². The van der Waals surface area contributed by atoms with Crippen LogP contribution in [0.3, 0.4) is 0 Å². The van der Waals surface area contributed by atoms with Gasteiger partial charge in [0.25, 0.3) is 5.91 Å². The normalized spacial score (nSPS) is 14.6. The fourth-order valence-corrected chi connectivity index (χ4v) is 2.85. The SMILES string of the molecule is COc1cc(OC)cc(C(=O)NC2(c3ccccc3OC)CC2)c1. The van der Waals surface area contributed by atoms with Gasteiger partial charge >= 0.3 is 0 Å². The highest BCUT2D eigenvalue weighted by atomic mass is 16.5. The molecule has 5 heteroatoms. The van der Waals surface area contributed by atoms with Gasteiger partial charge in [0, 0.05) is 17.2 Å². The Hall–Kier alpha value is -2.69. The Morgan fingerprint density at radius 3 is 2.12 bits per heavy atom. The second-order valence-electron chi connectivity index (χ2n) is 5.84. The number of para-hydroxylation sites is 1. The summed E-state index contributed by atoms with van der Waals surface area (Å²) in [4.78, 5) is 12.7. The predicted molar refractivity (Wildman–Crippen MR) is 90.9 cm³/mol. The Kier molecular flexibility index (Phi) is 4.34. The first-order valence-electron chi connectivity index (χ1n) is 7.81. The van der Waals surface area contributed by atoms with Crippen LogP contribution in [0.1, 0.15) is 28.8 Å². The highest BCUT2D eigenvalue weighted by Crippen LogP contribution is 2.49. The van der Waals surface area contributed by atoms with Gasteiger partial charge < -0.3 is 19.5 Å². The number of benzene rings is 2. The maximum absolute atomic E-state index is 12.7. The summed E-state index contributed by atoms with van der Waals surface area (Å²) in [5, 5.41) is 3.15. The molecule has 0 unspecified atom stereocenters. The van der Waals surface area contributed by atoms with Crippen molar-refractivity contribution in [3.8, 4) is 17.2 Å². The molecule has 1 amide bonds. The van der Waals surface area contributed by atoms with Crippen LogP contribution >= 0.6 is 0 Å². The quantitative estimate of drug-likeness (QED) is 0.885. The zero-order chi connectivity index (χ0) is 17.2. The van der Waals surface area contributed by atoms with E-state index in [9.17, 15) is 4.79 Å². The molecule has 5 nitrogen and oxygen atoms in total. The third-order valence-electron chi connectivity index (χ3n) is 4.34. The molecule has 1 N–H and O–H groups in total. The third-order valence-corrected chi connectivity index (χ3v) is 4.34. The molecule has 1 saturated carbocycles. The highest BCUT2D eigenvalue weighted by molar-refractivity contribution is 5.96. The van der Waals surface area contributed by atoms with E-state index in [0.29, 0.717) is 17.1 Å². The van der Waals surface area contributed by atoms with Gasteiger partial charge in [0.2, 0.25) is 0 Å². The summed E-state index contributed by atoms with van der Waals surface area (Å²) in [7, 11) is 4.77. The van der Waals surface area contributed by atoms with Crippen molar-refractivity contribution >= 4 is 5.91 Å². The molecular formula is C19H21NO4. The van der Waals surface area contributed by atoms with Crippen molar-refractivity contribution < 1.29 is 19.0 Å². The zero-order valence-electron chi connectivity index (χ0n) is 14.1. The smallest absolute Gasteiger partial charge is 0.252 e. The molecule has 24 heavy (non-hydrogen) atoms. The number of carbonyl (C=O) groups is 1. The van der Waals surface area contributed by atoms with Gasteiger partial charge in [-0.25, -0.2) is 0 Å². The summed E-state index contributed by atoms with van der Waals surface area (Å²) in [6.07, 6.45) is 1.78. The van der Waals surface area contributed by atoms with Crippen molar-refractivity contribution in [3.63, 3.8) is 0 Å². The Morgan fingerprint density at radius 2 is 1.58 bits per heavy atom. The van der Waals surface area contributed by atoms with E-state index in [2.05, 4.69) is 5.32 Å². The molecule has 3 rings (SSSR count). The third kappa shape index (κ3) is 3.02. The van der Waals surface area contributed by atoms with Gasteiger partial charge in [0.1, 0.15) is 17.2 Å². The van der Waals surface area contributed by atoms with Crippen LogP contribution < -0.4 is 19.5 Å². The van der Waals surface area contributed by atoms with Gasteiger partial charge in [0.15, 0.2) is 0 Å². The fraction of sp³-hybridized carbons (Fsp3) is 0.316. The molecule has 0 saturated heterocycles. The van der Waals surface area contributed by atoms with Crippen LogP contribution in [0.25, 0.3) is 0 Å². The lowest BCUT2D eigenvalue weighted by Gasteiger charge is -2.21. The van der Waals surface area contributed by atoms with E-state index in [4.69, 9.17) is 14.2 Å². The molecule has 0 atom stereocenters. The van der Waals surface area contributed by atoms with Gasteiger partial charge in [-0.05, 0) is 31.0 Å². The van der Waals surface area contributed by atoms with Crippen molar-refractivity contribution in [2.45, 2.75) is 18.4 Å². The molecule has 2 aromatic rings. The molecule has 0 radical (unpaired) electrons. The highest BCUT2D eigenvalue weighted by Gasteiger charge is 2.47. The predicted octanol–water partition coefficient (Wildman–Crippen LogP) is 3.13. The van der Waals surface area contributed by atoms with Gasteiger partial charge in [-0.1, -0.05) is 18.2 Å². The Labute approximate surface area is 141 Å². The second kappa shape index (κ2) is 6.43. The number of methoxy groups -OCH3 is 3. The van der Waals surface area contributed by atoms with Crippen molar-refractivity contribution in [2.75, 3.05) is 21.3 Å². The Morgan fingerprint density at radius 1 is 0.958 bits per heavy atom. The summed E-state index contributed by atoms with van der Waals surface area (Å²) >= 11 is 0. The van der Waals surface area contributed by atoms with Crippen LogP contribution in [0.5, 0.6) is 17.2 Å². The minimum atomic E-state index is -0.361. The van der Waals surface area contributed by atoms with E-state index in [-0.39, 0.29) is 11.4 Å². The maximum Gasteiger partial charge on any atom is 0.252 e.